The number of pyridine rings is 1. The molecular formula is C27H24F2N2O4. The van der Waals surface area contributed by atoms with E-state index in [9.17, 15) is 23.5 Å². The Kier molecular flexibility index (Phi) is 6.15. The third-order valence-corrected chi connectivity index (χ3v) is 5.91. The molecule has 1 unspecified atom stereocenters. The van der Waals surface area contributed by atoms with Gasteiger partial charge in [0.2, 0.25) is 0 Å². The van der Waals surface area contributed by atoms with Crippen LogP contribution in [0.5, 0.6) is 5.75 Å². The summed E-state index contributed by atoms with van der Waals surface area (Å²) in [5.41, 5.74) is 0.969. The number of aliphatic hydroxyl groups excluding tert-OH is 1. The Morgan fingerprint density at radius 1 is 1.06 bits per heavy atom. The third kappa shape index (κ3) is 4.27. The molecule has 1 atom stereocenters. The summed E-state index contributed by atoms with van der Waals surface area (Å²) in [5, 5.41) is 11.3. The fourth-order valence-electron chi connectivity index (χ4n) is 4.18. The number of Topliss-reactive ketones (excluding diaryl/α,β-unsaturated/α-hetero) is 1. The van der Waals surface area contributed by atoms with Gasteiger partial charge in [-0.3, -0.25) is 19.5 Å². The predicted octanol–water partition coefficient (Wildman–Crippen LogP) is 5.29. The molecule has 180 valence electrons. The van der Waals surface area contributed by atoms with Crippen molar-refractivity contribution in [2.45, 2.75) is 32.2 Å². The summed E-state index contributed by atoms with van der Waals surface area (Å²) in [6, 6.07) is 10.1. The zero-order chi connectivity index (χ0) is 25.5. The number of ketones is 1. The molecule has 1 saturated heterocycles. The van der Waals surface area contributed by atoms with Crippen LogP contribution in [0, 0.1) is 11.6 Å². The van der Waals surface area contributed by atoms with Crippen LogP contribution in [-0.2, 0) is 15.0 Å². The molecule has 6 nitrogen and oxygen atoms in total. The first-order chi connectivity index (χ1) is 16.5. The topological polar surface area (TPSA) is 79.7 Å². The number of aliphatic hydroxyl groups is 1. The summed E-state index contributed by atoms with van der Waals surface area (Å²) in [6.07, 6.45) is 2.97. The van der Waals surface area contributed by atoms with Crippen molar-refractivity contribution in [2.75, 3.05) is 12.0 Å². The largest absolute Gasteiger partial charge is 0.507 e. The fourth-order valence-corrected chi connectivity index (χ4v) is 4.18. The molecule has 4 rings (SSSR count). The first kappa shape index (κ1) is 24.1. The van der Waals surface area contributed by atoms with Crippen molar-refractivity contribution in [1.29, 1.82) is 0 Å². The van der Waals surface area contributed by atoms with E-state index in [0.29, 0.717) is 16.9 Å². The highest BCUT2D eigenvalue weighted by atomic mass is 19.2. The predicted molar refractivity (Wildman–Crippen MR) is 127 cm³/mol. The van der Waals surface area contributed by atoms with Crippen LogP contribution in [0.2, 0.25) is 0 Å². The lowest BCUT2D eigenvalue weighted by molar-refractivity contribution is -0.132. The number of rotatable bonds is 4. The number of benzene rings is 2. The minimum absolute atomic E-state index is 0.0241. The molecule has 0 bridgehead atoms. The number of carbonyl (C=O) groups excluding carboxylic acids is 2. The quantitative estimate of drug-likeness (QED) is 0.313. The van der Waals surface area contributed by atoms with Gasteiger partial charge in [-0.25, -0.2) is 8.78 Å². The van der Waals surface area contributed by atoms with E-state index in [1.807, 2.05) is 20.8 Å². The summed E-state index contributed by atoms with van der Waals surface area (Å²) in [6.45, 7) is 5.94. The lowest BCUT2D eigenvalue weighted by Gasteiger charge is -2.26. The third-order valence-electron chi connectivity index (χ3n) is 5.91. The van der Waals surface area contributed by atoms with Crippen LogP contribution >= 0.6 is 0 Å². The number of halogens is 2. The Morgan fingerprint density at radius 2 is 1.80 bits per heavy atom. The molecule has 35 heavy (non-hydrogen) atoms. The van der Waals surface area contributed by atoms with Gasteiger partial charge in [-0.05, 0) is 47.4 Å². The van der Waals surface area contributed by atoms with Crippen LogP contribution in [0.4, 0.5) is 14.5 Å². The minimum atomic E-state index is -1.17. The Balaban J connectivity index is 1.95. The molecule has 1 amide bonds. The van der Waals surface area contributed by atoms with Gasteiger partial charge in [0.15, 0.2) is 11.6 Å². The maximum atomic E-state index is 14.1. The summed E-state index contributed by atoms with van der Waals surface area (Å²) in [5.74, 6) is -3.96. The number of anilines is 1. The van der Waals surface area contributed by atoms with E-state index in [2.05, 4.69) is 4.98 Å². The fraction of sp³-hybridized carbons (Fsp3) is 0.222. The molecule has 1 N–H and O–H groups in total. The number of hydrogen-bond acceptors (Lipinski definition) is 5. The Labute approximate surface area is 201 Å². The molecule has 1 aliphatic rings. The second kappa shape index (κ2) is 8.94. The molecule has 0 radical (unpaired) electrons. The second-order valence-electron chi connectivity index (χ2n) is 9.22. The molecule has 0 spiro atoms. The molecule has 3 aromatic rings. The van der Waals surface area contributed by atoms with Crippen LogP contribution in [0.15, 0.2) is 66.5 Å². The van der Waals surface area contributed by atoms with E-state index < -0.39 is 35.1 Å². The average Bonchev–Trinajstić information content (AvgIpc) is 3.10. The smallest absolute Gasteiger partial charge is 0.300 e. The molecule has 2 heterocycles. The van der Waals surface area contributed by atoms with Gasteiger partial charge < -0.3 is 9.84 Å². The summed E-state index contributed by atoms with van der Waals surface area (Å²) in [4.78, 5) is 31.5. The van der Waals surface area contributed by atoms with E-state index in [1.54, 1.807) is 37.4 Å². The molecule has 0 aliphatic carbocycles. The van der Waals surface area contributed by atoms with Crippen molar-refractivity contribution in [2.24, 2.45) is 0 Å². The average molecular weight is 478 g/mol. The van der Waals surface area contributed by atoms with Crippen molar-refractivity contribution in [3.8, 4) is 5.75 Å². The van der Waals surface area contributed by atoms with Crippen LogP contribution in [0.25, 0.3) is 5.76 Å². The Morgan fingerprint density at radius 3 is 2.40 bits per heavy atom. The highest BCUT2D eigenvalue weighted by molar-refractivity contribution is 6.51. The number of methoxy groups -OCH3 is 1. The van der Waals surface area contributed by atoms with Crippen LogP contribution < -0.4 is 9.64 Å². The van der Waals surface area contributed by atoms with Crippen molar-refractivity contribution in [3.05, 3.63) is 94.8 Å². The van der Waals surface area contributed by atoms with Gasteiger partial charge in [-0.2, -0.15) is 0 Å². The first-order valence-electron chi connectivity index (χ1n) is 10.9. The molecule has 2 aromatic carbocycles. The summed E-state index contributed by atoms with van der Waals surface area (Å²) >= 11 is 0. The van der Waals surface area contributed by atoms with Crippen LogP contribution in [0.1, 0.15) is 43.5 Å². The number of amides is 1. The molecule has 1 fully saturated rings. The Bertz CT molecular complexity index is 1350. The number of ether oxygens (including phenoxy) is 1. The van der Waals surface area contributed by atoms with Crippen LogP contribution in [-0.4, -0.2) is 28.9 Å². The van der Waals surface area contributed by atoms with E-state index in [1.165, 1.54) is 18.5 Å². The second-order valence-corrected chi connectivity index (χ2v) is 9.22. The molecule has 1 aromatic heterocycles. The number of carbonyl (C=O) groups is 2. The monoisotopic (exact) mass is 478 g/mol. The summed E-state index contributed by atoms with van der Waals surface area (Å²) in [7, 11) is 1.54. The van der Waals surface area contributed by atoms with Crippen molar-refractivity contribution < 1.29 is 28.2 Å². The normalized spacial score (nSPS) is 17.7. The zero-order valence-corrected chi connectivity index (χ0v) is 19.7. The Hall–Kier alpha value is -4.07. The number of aromatic nitrogens is 1. The molecule has 8 heteroatoms. The highest BCUT2D eigenvalue weighted by Crippen LogP contribution is 2.43. The molecule has 1 aliphatic heterocycles. The lowest BCUT2D eigenvalue weighted by atomic mass is 9.84. The minimum Gasteiger partial charge on any atom is -0.507 e. The van der Waals surface area contributed by atoms with Crippen molar-refractivity contribution >= 4 is 23.1 Å². The zero-order valence-electron chi connectivity index (χ0n) is 19.7. The summed E-state index contributed by atoms with van der Waals surface area (Å²) < 4.78 is 33.1. The van der Waals surface area contributed by atoms with Gasteiger partial charge in [-0.1, -0.05) is 26.8 Å². The van der Waals surface area contributed by atoms with E-state index in [4.69, 9.17) is 4.74 Å². The first-order valence-corrected chi connectivity index (χ1v) is 10.9. The van der Waals surface area contributed by atoms with E-state index in [0.717, 1.165) is 22.6 Å². The number of nitrogens with zero attached hydrogens (tertiary/aromatic N) is 2. The maximum absolute atomic E-state index is 14.1. The maximum Gasteiger partial charge on any atom is 0.300 e. The van der Waals surface area contributed by atoms with Crippen molar-refractivity contribution in [1.82, 2.24) is 4.98 Å². The van der Waals surface area contributed by atoms with Gasteiger partial charge in [0.1, 0.15) is 11.5 Å². The lowest BCUT2D eigenvalue weighted by Crippen LogP contribution is -2.29. The highest BCUT2D eigenvalue weighted by Gasteiger charge is 2.47. The van der Waals surface area contributed by atoms with Gasteiger partial charge in [-0.15, -0.1) is 0 Å². The van der Waals surface area contributed by atoms with Crippen molar-refractivity contribution in [3.63, 3.8) is 0 Å². The van der Waals surface area contributed by atoms with Gasteiger partial charge >= 0.3 is 0 Å². The van der Waals surface area contributed by atoms with E-state index >= 15 is 0 Å². The van der Waals surface area contributed by atoms with Crippen LogP contribution in [0.3, 0.4) is 0 Å². The molecular weight excluding hydrogens is 454 g/mol. The van der Waals surface area contributed by atoms with Gasteiger partial charge in [0, 0.05) is 35.3 Å². The number of hydrogen-bond donors (Lipinski definition) is 1. The van der Waals surface area contributed by atoms with Gasteiger partial charge in [0.25, 0.3) is 11.7 Å². The SMILES string of the molecule is COc1ccc(/C(O)=C2/C(=O)C(=O)N(c3ccc(F)c(F)c3)C2c2cccnc2)cc1C(C)(C)C. The van der Waals surface area contributed by atoms with Gasteiger partial charge in [0.05, 0.1) is 18.7 Å². The van der Waals surface area contributed by atoms with E-state index in [-0.39, 0.29) is 16.7 Å². The molecule has 0 saturated carbocycles. The standard InChI is InChI=1S/C27H24F2N2O4/c1-27(2,3)18-12-15(7-10-21(18)35-4)24(32)22-23(16-6-5-11-30-14-16)31(26(34)25(22)33)17-8-9-19(28)20(29)13-17/h5-14,23,32H,1-4H3/b24-22-.